The van der Waals surface area contributed by atoms with Crippen LogP contribution in [0.1, 0.15) is 39.0 Å². The number of terminal acetylenes is 1. The minimum atomic E-state index is -1.11. The molecule has 0 aliphatic rings. The van der Waals surface area contributed by atoms with E-state index in [0.717, 1.165) is 0 Å². The fraction of sp³-hybridized carbons (Fsp3) is 0.615. The van der Waals surface area contributed by atoms with Gasteiger partial charge in [0.05, 0.1) is 13.0 Å². The summed E-state index contributed by atoms with van der Waals surface area (Å²) in [6.07, 6.45) is 6.17. The van der Waals surface area contributed by atoms with Gasteiger partial charge in [-0.1, -0.05) is 0 Å². The standard InChI is InChI=1S/C13H19NO5/c1-3-5-6-7-10(13(17)18)14-11(15)8-9-12(16)19-4-2/h1,10H,4-9H2,2H3,(H,14,15)(H,17,18)/t10-/m1/s1. The van der Waals surface area contributed by atoms with Crippen LogP contribution in [0.3, 0.4) is 0 Å². The highest BCUT2D eigenvalue weighted by Crippen LogP contribution is 2.02. The molecule has 106 valence electrons. The van der Waals surface area contributed by atoms with Gasteiger partial charge >= 0.3 is 11.9 Å². The fourth-order valence-electron chi connectivity index (χ4n) is 1.38. The van der Waals surface area contributed by atoms with E-state index in [1.807, 2.05) is 0 Å². The van der Waals surface area contributed by atoms with Crippen molar-refractivity contribution in [1.82, 2.24) is 5.32 Å². The van der Waals surface area contributed by atoms with Gasteiger partial charge in [0.2, 0.25) is 5.91 Å². The predicted octanol–water partition coefficient (Wildman–Crippen LogP) is 0.703. The Morgan fingerprint density at radius 1 is 1.37 bits per heavy atom. The number of amides is 1. The van der Waals surface area contributed by atoms with E-state index in [9.17, 15) is 14.4 Å². The molecule has 0 spiro atoms. The van der Waals surface area contributed by atoms with Gasteiger partial charge in [-0.2, -0.15) is 0 Å². The number of unbranched alkanes of at least 4 members (excludes halogenated alkanes) is 1. The molecule has 0 aliphatic carbocycles. The number of carboxylic acids is 1. The fourth-order valence-corrected chi connectivity index (χ4v) is 1.38. The van der Waals surface area contributed by atoms with Crippen molar-refractivity contribution in [3.05, 3.63) is 0 Å². The molecule has 0 fully saturated rings. The quantitative estimate of drug-likeness (QED) is 0.365. The van der Waals surface area contributed by atoms with E-state index in [4.69, 9.17) is 11.5 Å². The zero-order valence-corrected chi connectivity index (χ0v) is 11.0. The lowest BCUT2D eigenvalue weighted by atomic mass is 10.1. The van der Waals surface area contributed by atoms with E-state index in [0.29, 0.717) is 12.8 Å². The Bertz CT molecular complexity index is 359. The summed E-state index contributed by atoms with van der Waals surface area (Å²) in [5.74, 6) is 0.333. The molecule has 0 saturated carbocycles. The maximum atomic E-state index is 11.5. The van der Waals surface area contributed by atoms with E-state index >= 15 is 0 Å². The average Bonchev–Trinajstić information content (AvgIpc) is 2.35. The number of rotatable bonds is 9. The maximum Gasteiger partial charge on any atom is 0.326 e. The number of esters is 1. The van der Waals surface area contributed by atoms with Crippen LogP contribution >= 0.6 is 0 Å². The molecule has 0 heterocycles. The van der Waals surface area contributed by atoms with Crippen molar-refractivity contribution < 1.29 is 24.2 Å². The number of carbonyl (C=O) groups excluding carboxylic acids is 2. The average molecular weight is 269 g/mol. The molecule has 0 aromatic heterocycles. The van der Waals surface area contributed by atoms with Crippen LogP contribution in [-0.4, -0.2) is 35.6 Å². The second kappa shape index (κ2) is 9.95. The molecule has 19 heavy (non-hydrogen) atoms. The Morgan fingerprint density at radius 3 is 2.58 bits per heavy atom. The van der Waals surface area contributed by atoms with Crippen LogP contribution in [0.25, 0.3) is 0 Å². The summed E-state index contributed by atoms with van der Waals surface area (Å²) in [4.78, 5) is 33.4. The van der Waals surface area contributed by atoms with Gasteiger partial charge < -0.3 is 15.2 Å². The first-order valence-electron chi connectivity index (χ1n) is 6.12. The molecule has 6 nitrogen and oxygen atoms in total. The van der Waals surface area contributed by atoms with Gasteiger partial charge in [-0.15, -0.1) is 12.3 Å². The molecule has 0 unspecified atom stereocenters. The first kappa shape index (κ1) is 17.0. The zero-order chi connectivity index (χ0) is 14.7. The SMILES string of the molecule is C#CCCC[C@@H](NC(=O)CCC(=O)OCC)C(=O)O. The van der Waals surface area contributed by atoms with Crippen molar-refractivity contribution in [3.8, 4) is 12.3 Å². The Balaban J connectivity index is 4.07. The zero-order valence-electron chi connectivity index (χ0n) is 11.0. The van der Waals surface area contributed by atoms with Crippen molar-refractivity contribution in [2.75, 3.05) is 6.61 Å². The molecule has 0 saturated heterocycles. The van der Waals surface area contributed by atoms with Crippen LogP contribution in [0.2, 0.25) is 0 Å². The summed E-state index contributed by atoms with van der Waals surface area (Å²) < 4.78 is 4.67. The lowest BCUT2D eigenvalue weighted by Crippen LogP contribution is -2.40. The summed E-state index contributed by atoms with van der Waals surface area (Å²) in [6.45, 7) is 1.92. The molecule has 0 rings (SSSR count). The number of hydrogen-bond donors (Lipinski definition) is 2. The minimum Gasteiger partial charge on any atom is -0.480 e. The molecule has 1 atom stereocenters. The first-order chi connectivity index (χ1) is 9.01. The van der Waals surface area contributed by atoms with Crippen LogP contribution in [0.4, 0.5) is 0 Å². The summed E-state index contributed by atoms with van der Waals surface area (Å²) in [6, 6.07) is -0.969. The molecule has 0 bridgehead atoms. The second-order valence-corrected chi connectivity index (χ2v) is 3.86. The van der Waals surface area contributed by atoms with Gasteiger partial charge in [-0.3, -0.25) is 9.59 Å². The minimum absolute atomic E-state index is 0.0592. The summed E-state index contributed by atoms with van der Waals surface area (Å²) in [5.41, 5.74) is 0. The molecule has 0 aromatic carbocycles. The molecule has 1 amide bonds. The van der Waals surface area contributed by atoms with Crippen LogP contribution < -0.4 is 5.32 Å². The summed E-state index contributed by atoms with van der Waals surface area (Å²) in [7, 11) is 0. The Kier molecular flexibility index (Phi) is 8.88. The third-order valence-corrected chi connectivity index (χ3v) is 2.31. The Labute approximate surface area is 112 Å². The van der Waals surface area contributed by atoms with Crippen LogP contribution in [0, 0.1) is 12.3 Å². The number of aliphatic carboxylic acids is 1. The largest absolute Gasteiger partial charge is 0.480 e. The van der Waals surface area contributed by atoms with Crippen molar-refractivity contribution in [3.63, 3.8) is 0 Å². The normalized spacial score (nSPS) is 11.2. The van der Waals surface area contributed by atoms with Crippen LogP contribution in [0.5, 0.6) is 0 Å². The van der Waals surface area contributed by atoms with Gasteiger partial charge in [-0.05, 0) is 19.8 Å². The molecule has 2 N–H and O–H groups in total. The van der Waals surface area contributed by atoms with Crippen molar-refractivity contribution in [1.29, 1.82) is 0 Å². The third kappa shape index (κ3) is 8.66. The Hall–Kier alpha value is -2.03. The van der Waals surface area contributed by atoms with Gasteiger partial charge in [0.1, 0.15) is 6.04 Å². The number of ether oxygens (including phenoxy) is 1. The number of carboxylic acid groups (broad SMARTS) is 1. The lowest BCUT2D eigenvalue weighted by Gasteiger charge is -2.13. The predicted molar refractivity (Wildman–Crippen MR) is 68.1 cm³/mol. The number of nitrogens with one attached hydrogen (secondary N) is 1. The molecule has 6 heteroatoms. The lowest BCUT2D eigenvalue weighted by molar-refractivity contribution is -0.145. The van der Waals surface area contributed by atoms with E-state index in [1.165, 1.54) is 0 Å². The molecular weight excluding hydrogens is 250 g/mol. The molecule has 0 aromatic rings. The highest BCUT2D eigenvalue weighted by Gasteiger charge is 2.19. The molecular formula is C13H19NO5. The monoisotopic (exact) mass is 269 g/mol. The topological polar surface area (TPSA) is 92.7 Å². The highest BCUT2D eigenvalue weighted by molar-refractivity contribution is 5.85. The summed E-state index contributed by atoms with van der Waals surface area (Å²) in [5, 5.41) is 11.3. The van der Waals surface area contributed by atoms with E-state index < -0.39 is 23.9 Å². The van der Waals surface area contributed by atoms with Crippen molar-refractivity contribution >= 4 is 17.8 Å². The van der Waals surface area contributed by atoms with E-state index in [-0.39, 0.29) is 25.9 Å². The van der Waals surface area contributed by atoms with Gasteiger partial charge in [-0.25, -0.2) is 4.79 Å². The number of hydrogen-bond acceptors (Lipinski definition) is 4. The van der Waals surface area contributed by atoms with Gasteiger partial charge in [0.25, 0.3) is 0 Å². The molecule has 0 aliphatic heterocycles. The first-order valence-corrected chi connectivity index (χ1v) is 6.12. The van der Waals surface area contributed by atoms with Crippen molar-refractivity contribution in [2.24, 2.45) is 0 Å². The smallest absolute Gasteiger partial charge is 0.326 e. The maximum absolute atomic E-state index is 11.5. The number of carbonyl (C=O) groups is 3. The van der Waals surface area contributed by atoms with Crippen LogP contribution in [0.15, 0.2) is 0 Å². The second-order valence-electron chi connectivity index (χ2n) is 3.86. The van der Waals surface area contributed by atoms with Crippen molar-refractivity contribution in [2.45, 2.75) is 45.1 Å². The van der Waals surface area contributed by atoms with E-state index in [1.54, 1.807) is 6.92 Å². The van der Waals surface area contributed by atoms with Gasteiger partial charge in [0.15, 0.2) is 0 Å². The van der Waals surface area contributed by atoms with Gasteiger partial charge in [0, 0.05) is 12.8 Å². The van der Waals surface area contributed by atoms with Crippen LogP contribution in [-0.2, 0) is 19.1 Å². The summed E-state index contributed by atoms with van der Waals surface area (Å²) >= 11 is 0. The third-order valence-electron chi connectivity index (χ3n) is 2.31. The molecule has 0 radical (unpaired) electrons. The van der Waals surface area contributed by atoms with E-state index in [2.05, 4.69) is 16.0 Å². The highest BCUT2D eigenvalue weighted by atomic mass is 16.5. The Morgan fingerprint density at radius 2 is 2.05 bits per heavy atom.